The first-order valence-corrected chi connectivity index (χ1v) is 8.10. The summed E-state index contributed by atoms with van der Waals surface area (Å²) >= 11 is 6.30. The zero-order valence-electron chi connectivity index (χ0n) is 14.2. The summed E-state index contributed by atoms with van der Waals surface area (Å²) in [4.78, 5) is 3.65. The van der Waals surface area contributed by atoms with Crippen LogP contribution < -0.4 is 0 Å². The molecule has 0 saturated heterocycles. The molecule has 0 fully saturated rings. The van der Waals surface area contributed by atoms with Crippen LogP contribution in [0.25, 0.3) is 16.9 Å². The fraction of sp³-hybridized carbons (Fsp3) is 0.333. The van der Waals surface area contributed by atoms with Gasteiger partial charge in [0, 0.05) is 11.3 Å². The molecule has 25 heavy (non-hydrogen) atoms. The van der Waals surface area contributed by atoms with Crippen LogP contribution in [0.15, 0.2) is 30.3 Å². The van der Waals surface area contributed by atoms with Crippen molar-refractivity contribution < 1.29 is 13.2 Å². The van der Waals surface area contributed by atoms with Crippen molar-refractivity contribution >= 4 is 17.2 Å². The Labute approximate surface area is 148 Å². The topological polar surface area (TPSA) is 30.2 Å². The van der Waals surface area contributed by atoms with Gasteiger partial charge in [-0.1, -0.05) is 56.6 Å². The summed E-state index contributed by atoms with van der Waals surface area (Å²) in [6.07, 6.45) is -4.53. The third-order valence-electron chi connectivity index (χ3n) is 4.03. The lowest BCUT2D eigenvalue weighted by molar-refractivity contribution is -0.141. The van der Waals surface area contributed by atoms with Crippen LogP contribution in [0.4, 0.5) is 13.2 Å². The Balaban J connectivity index is 2.15. The maximum atomic E-state index is 13.0. The first-order valence-electron chi connectivity index (χ1n) is 7.72. The minimum Gasteiger partial charge on any atom is -0.223 e. The lowest BCUT2D eigenvalue weighted by atomic mass is 9.86. The third kappa shape index (κ3) is 3.23. The van der Waals surface area contributed by atoms with Crippen molar-refractivity contribution in [3.05, 3.63) is 52.3 Å². The van der Waals surface area contributed by atoms with Gasteiger partial charge >= 0.3 is 6.18 Å². The largest absolute Gasteiger partial charge is 0.433 e. The number of alkyl halides is 3. The summed E-state index contributed by atoms with van der Waals surface area (Å²) in [5.41, 5.74) is 1.63. The molecule has 7 heteroatoms. The number of benzene rings is 1. The molecule has 1 aromatic carbocycles. The number of halogens is 4. The minimum atomic E-state index is -4.53. The summed E-state index contributed by atoms with van der Waals surface area (Å²) in [5, 5.41) is 4.46. The van der Waals surface area contributed by atoms with Crippen molar-refractivity contribution in [1.82, 2.24) is 14.6 Å². The van der Waals surface area contributed by atoms with E-state index in [9.17, 15) is 13.2 Å². The lowest BCUT2D eigenvalue weighted by Crippen LogP contribution is -2.10. The minimum absolute atomic E-state index is 0.000984. The monoisotopic (exact) mass is 367 g/mol. The van der Waals surface area contributed by atoms with Gasteiger partial charge in [0.05, 0.1) is 0 Å². The Bertz CT molecular complexity index is 935. The van der Waals surface area contributed by atoms with Crippen molar-refractivity contribution in [2.45, 2.75) is 39.3 Å². The molecule has 0 aliphatic heterocycles. The maximum absolute atomic E-state index is 13.0. The first-order chi connectivity index (χ1) is 11.5. The molecule has 0 amide bonds. The van der Waals surface area contributed by atoms with Crippen LogP contribution in [0.3, 0.4) is 0 Å². The van der Waals surface area contributed by atoms with E-state index < -0.39 is 11.9 Å². The average Bonchev–Trinajstić information content (AvgIpc) is 2.84. The summed E-state index contributed by atoms with van der Waals surface area (Å²) in [6.45, 7) is 7.85. The number of hydrogen-bond donors (Lipinski definition) is 0. The Morgan fingerprint density at radius 1 is 1.04 bits per heavy atom. The van der Waals surface area contributed by atoms with E-state index in [2.05, 4.69) is 30.9 Å². The summed E-state index contributed by atoms with van der Waals surface area (Å²) in [5.74, 6) is 0. The summed E-state index contributed by atoms with van der Waals surface area (Å²) in [6, 6.07) is 8.64. The van der Waals surface area contributed by atoms with Crippen LogP contribution in [-0.4, -0.2) is 14.6 Å². The van der Waals surface area contributed by atoms with Crippen LogP contribution in [-0.2, 0) is 11.6 Å². The van der Waals surface area contributed by atoms with E-state index in [4.69, 9.17) is 11.6 Å². The molecule has 0 aliphatic carbocycles. The van der Waals surface area contributed by atoms with Gasteiger partial charge in [-0.3, -0.25) is 0 Å². The van der Waals surface area contributed by atoms with E-state index in [-0.39, 0.29) is 16.1 Å². The van der Waals surface area contributed by atoms with E-state index in [1.54, 1.807) is 6.92 Å². The van der Waals surface area contributed by atoms with Gasteiger partial charge < -0.3 is 0 Å². The van der Waals surface area contributed by atoms with Crippen LogP contribution in [0, 0.1) is 6.92 Å². The second-order valence-electron chi connectivity index (χ2n) is 7.01. The molecule has 3 nitrogen and oxygen atoms in total. The standard InChI is InChI=1S/C18H17ClF3N3/c1-10-9-13(18(20,21)22)23-16-14(19)15(24-25(10)16)11-5-7-12(8-6-11)17(2,3)4/h5-9H,1-4H3. The van der Waals surface area contributed by atoms with E-state index in [1.165, 1.54) is 4.52 Å². The number of aromatic nitrogens is 3. The molecule has 3 aromatic rings. The SMILES string of the molecule is Cc1cc(C(F)(F)F)nc2c(Cl)c(-c3ccc(C(C)(C)C)cc3)nn12. The van der Waals surface area contributed by atoms with E-state index >= 15 is 0 Å². The molecular formula is C18H17ClF3N3. The summed E-state index contributed by atoms with van der Waals surface area (Å²) < 4.78 is 40.3. The molecule has 0 saturated carbocycles. The Morgan fingerprint density at radius 2 is 1.64 bits per heavy atom. The Hall–Kier alpha value is -2.08. The van der Waals surface area contributed by atoms with Gasteiger partial charge in [-0.05, 0) is 24.0 Å². The number of aryl methyl sites for hydroxylation is 1. The zero-order chi connectivity index (χ0) is 18.6. The molecule has 0 bridgehead atoms. The second kappa shape index (κ2) is 5.73. The molecule has 3 rings (SSSR count). The fourth-order valence-electron chi connectivity index (χ4n) is 2.60. The molecule has 2 aromatic heterocycles. The van der Waals surface area contributed by atoms with Crippen LogP contribution in [0.5, 0.6) is 0 Å². The highest BCUT2D eigenvalue weighted by Crippen LogP contribution is 2.34. The molecule has 0 radical (unpaired) electrons. The number of hydrogen-bond acceptors (Lipinski definition) is 2. The van der Waals surface area contributed by atoms with Gasteiger partial charge in [0.1, 0.15) is 16.4 Å². The lowest BCUT2D eigenvalue weighted by Gasteiger charge is -2.18. The van der Waals surface area contributed by atoms with E-state index in [0.717, 1.165) is 17.2 Å². The predicted octanol–water partition coefficient (Wildman–Crippen LogP) is 5.67. The van der Waals surface area contributed by atoms with Gasteiger partial charge in [-0.25, -0.2) is 9.50 Å². The Kier molecular flexibility index (Phi) is 4.06. The predicted molar refractivity (Wildman–Crippen MR) is 91.9 cm³/mol. The van der Waals surface area contributed by atoms with Crippen LogP contribution in [0.2, 0.25) is 5.02 Å². The quantitative estimate of drug-likeness (QED) is 0.554. The third-order valence-corrected chi connectivity index (χ3v) is 4.37. The second-order valence-corrected chi connectivity index (χ2v) is 7.38. The number of rotatable bonds is 1. The van der Waals surface area contributed by atoms with E-state index in [1.807, 2.05) is 24.3 Å². The van der Waals surface area contributed by atoms with Crippen LogP contribution >= 0.6 is 11.6 Å². The van der Waals surface area contributed by atoms with Crippen LogP contribution in [0.1, 0.15) is 37.7 Å². The average molecular weight is 368 g/mol. The normalized spacial score (nSPS) is 12.8. The number of fused-ring (bicyclic) bond motifs is 1. The molecule has 132 valence electrons. The van der Waals surface area contributed by atoms with Crippen molar-refractivity contribution in [2.24, 2.45) is 0 Å². The van der Waals surface area contributed by atoms with Crippen molar-refractivity contribution in [3.8, 4) is 11.3 Å². The molecule has 0 unspecified atom stereocenters. The van der Waals surface area contributed by atoms with Crippen molar-refractivity contribution in [3.63, 3.8) is 0 Å². The smallest absolute Gasteiger partial charge is 0.223 e. The first kappa shape index (κ1) is 17.7. The zero-order valence-corrected chi connectivity index (χ0v) is 15.0. The highest BCUT2D eigenvalue weighted by Gasteiger charge is 2.34. The molecular weight excluding hydrogens is 351 g/mol. The van der Waals surface area contributed by atoms with Crippen molar-refractivity contribution in [2.75, 3.05) is 0 Å². The molecule has 0 atom stereocenters. The highest BCUT2D eigenvalue weighted by molar-refractivity contribution is 6.36. The van der Waals surface area contributed by atoms with Gasteiger partial charge in [-0.15, -0.1) is 0 Å². The molecule has 2 heterocycles. The van der Waals surface area contributed by atoms with E-state index in [0.29, 0.717) is 11.4 Å². The fourth-order valence-corrected chi connectivity index (χ4v) is 2.86. The van der Waals surface area contributed by atoms with Crippen molar-refractivity contribution in [1.29, 1.82) is 0 Å². The van der Waals surface area contributed by atoms with Gasteiger partial charge in [-0.2, -0.15) is 18.3 Å². The van der Waals surface area contributed by atoms with Gasteiger partial charge in [0.15, 0.2) is 5.65 Å². The molecule has 0 aliphatic rings. The molecule has 0 N–H and O–H groups in total. The molecule has 0 spiro atoms. The number of nitrogens with zero attached hydrogens (tertiary/aromatic N) is 3. The maximum Gasteiger partial charge on any atom is 0.433 e. The van der Waals surface area contributed by atoms with Gasteiger partial charge in [0.25, 0.3) is 0 Å². The highest BCUT2D eigenvalue weighted by atomic mass is 35.5. The Morgan fingerprint density at radius 3 is 2.16 bits per heavy atom. The van der Waals surface area contributed by atoms with Gasteiger partial charge in [0.2, 0.25) is 0 Å². The summed E-state index contributed by atoms with van der Waals surface area (Å²) in [7, 11) is 0.